The fourth-order valence-electron chi connectivity index (χ4n) is 1.19. The zero-order valence-corrected chi connectivity index (χ0v) is 10.0. The lowest BCUT2D eigenvalue weighted by molar-refractivity contribution is -0.131. The second-order valence-corrected chi connectivity index (χ2v) is 4.32. The predicted molar refractivity (Wildman–Crippen MR) is 59.1 cm³/mol. The van der Waals surface area contributed by atoms with E-state index in [1.807, 2.05) is 6.92 Å². The maximum absolute atomic E-state index is 11.5. The molecule has 4 heteroatoms. The van der Waals surface area contributed by atoms with E-state index in [9.17, 15) is 4.79 Å². The summed E-state index contributed by atoms with van der Waals surface area (Å²) in [5.41, 5.74) is 5.56. The van der Waals surface area contributed by atoms with Crippen molar-refractivity contribution in [2.45, 2.75) is 26.3 Å². The van der Waals surface area contributed by atoms with Crippen LogP contribution in [0.5, 0.6) is 0 Å². The molecule has 0 rings (SSSR count). The van der Waals surface area contributed by atoms with E-state index in [-0.39, 0.29) is 11.4 Å². The van der Waals surface area contributed by atoms with E-state index in [4.69, 9.17) is 5.73 Å². The van der Waals surface area contributed by atoms with Crippen molar-refractivity contribution in [2.24, 2.45) is 5.73 Å². The van der Waals surface area contributed by atoms with E-state index in [2.05, 4.69) is 18.7 Å². The lowest BCUT2D eigenvalue weighted by atomic mass is 10.0. The third kappa shape index (κ3) is 3.64. The Balaban J connectivity index is 4.37. The minimum absolute atomic E-state index is 0.111. The summed E-state index contributed by atoms with van der Waals surface area (Å²) in [4.78, 5) is 15.2. The molecule has 0 aliphatic rings. The topological polar surface area (TPSA) is 49.6 Å². The number of hydrogen-bond donors (Lipinski definition) is 1. The van der Waals surface area contributed by atoms with Crippen molar-refractivity contribution in [3.05, 3.63) is 0 Å². The van der Waals surface area contributed by atoms with E-state index in [1.165, 1.54) is 0 Å². The van der Waals surface area contributed by atoms with Crippen LogP contribution in [0.4, 0.5) is 0 Å². The zero-order chi connectivity index (χ0) is 11.4. The fourth-order valence-corrected chi connectivity index (χ4v) is 1.19. The van der Waals surface area contributed by atoms with Gasteiger partial charge in [-0.1, -0.05) is 6.92 Å². The summed E-state index contributed by atoms with van der Waals surface area (Å²) in [5, 5.41) is 0. The van der Waals surface area contributed by atoms with Gasteiger partial charge in [0.25, 0.3) is 0 Å². The van der Waals surface area contributed by atoms with Crippen LogP contribution in [0.1, 0.15) is 20.8 Å². The lowest BCUT2D eigenvalue weighted by Crippen LogP contribution is -2.52. The second kappa shape index (κ2) is 5.32. The third-order valence-electron chi connectivity index (χ3n) is 2.56. The Hall–Kier alpha value is -0.610. The van der Waals surface area contributed by atoms with Crippen LogP contribution in [-0.2, 0) is 4.79 Å². The van der Waals surface area contributed by atoms with E-state index >= 15 is 0 Å². The molecule has 0 heterocycles. The first kappa shape index (κ1) is 13.4. The molecule has 0 atom stereocenters. The van der Waals surface area contributed by atoms with Crippen molar-refractivity contribution < 1.29 is 4.79 Å². The van der Waals surface area contributed by atoms with Crippen molar-refractivity contribution in [2.75, 3.05) is 33.7 Å². The normalized spacial score (nSPS) is 11.9. The van der Waals surface area contributed by atoms with Gasteiger partial charge in [0.05, 0.1) is 6.54 Å². The van der Waals surface area contributed by atoms with Crippen LogP contribution in [0.25, 0.3) is 0 Å². The number of nitrogens with two attached hydrogens (primary N) is 1. The van der Waals surface area contributed by atoms with Crippen LogP contribution >= 0.6 is 0 Å². The smallest absolute Gasteiger partial charge is 0.236 e. The van der Waals surface area contributed by atoms with Crippen molar-refractivity contribution in [1.82, 2.24) is 9.80 Å². The van der Waals surface area contributed by atoms with Gasteiger partial charge in [0, 0.05) is 26.2 Å². The number of rotatable bonds is 5. The first-order valence-corrected chi connectivity index (χ1v) is 5.00. The minimum atomic E-state index is -0.111. The Kier molecular flexibility index (Phi) is 5.08. The van der Waals surface area contributed by atoms with E-state index in [1.54, 1.807) is 19.0 Å². The first-order chi connectivity index (χ1) is 6.35. The standard InChI is InChI=1S/C10H23N3O/c1-6-13(10(2,3)8-11)7-9(14)12(4)5/h6-8,11H2,1-5H3. The predicted octanol–water partition coefficient (Wildman–Crippen LogP) is 0.134. The Morgan fingerprint density at radius 3 is 2.14 bits per heavy atom. The summed E-state index contributed by atoms with van der Waals surface area (Å²) in [6.45, 7) is 7.98. The molecular formula is C10H23N3O. The highest BCUT2D eigenvalue weighted by atomic mass is 16.2. The quantitative estimate of drug-likeness (QED) is 0.688. The summed E-state index contributed by atoms with van der Waals surface area (Å²) in [6, 6.07) is 0. The lowest BCUT2D eigenvalue weighted by Gasteiger charge is -2.36. The number of likely N-dealkylation sites (N-methyl/N-ethyl adjacent to an activating group) is 2. The van der Waals surface area contributed by atoms with Crippen molar-refractivity contribution in [3.63, 3.8) is 0 Å². The molecule has 0 aromatic carbocycles. The van der Waals surface area contributed by atoms with E-state index in [0.29, 0.717) is 13.1 Å². The minimum Gasteiger partial charge on any atom is -0.348 e. The Morgan fingerprint density at radius 2 is 1.86 bits per heavy atom. The van der Waals surface area contributed by atoms with Gasteiger partial charge < -0.3 is 10.6 Å². The maximum Gasteiger partial charge on any atom is 0.236 e. The second-order valence-electron chi connectivity index (χ2n) is 4.32. The summed E-state index contributed by atoms with van der Waals surface area (Å²) in [5.74, 6) is 0.119. The number of carbonyl (C=O) groups is 1. The van der Waals surface area contributed by atoms with Gasteiger partial charge >= 0.3 is 0 Å². The highest BCUT2D eigenvalue weighted by Gasteiger charge is 2.25. The number of amides is 1. The van der Waals surface area contributed by atoms with Gasteiger partial charge in [-0.2, -0.15) is 0 Å². The largest absolute Gasteiger partial charge is 0.348 e. The molecule has 1 amide bonds. The van der Waals surface area contributed by atoms with Gasteiger partial charge in [-0.25, -0.2) is 0 Å². The molecule has 4 nitrogen and oxygen atoms in total. The highest BCUT2D eigenvalue weighted by molar-refractivity contribution is 5.77. The van der Waals surface area contributed by atoms with Crippen LogP contribution in [0.15, 0.2) is 0 Å². The Labute approximate surface area is 87.0 Å². The highest BCUT2D eigenvalue weighted by Crippen LogP contribution is 2.11. The summed E-state index contributed by atoms with van der Waals surface area (Å²) in [6.07, 6.45) is 0. The van der Waals surface area contributed by atoms with Crippen LogP contribution < -0.4 is 5.73 Å². The van der Waals surface area contributed by atoms with Crippen LogP contribution in [0.3, 0.4) is 0 Å². The zero-order valence-electron chi connectivity index (χ0n) is 10.0. The molecule has 0 aromatic rings. The average Bonchev–Trinajstić information content (AvgIpc) is 2.13. The molecule has 84 valence electrons. The summed E-state index contributed by atoms with van der Waals surface area (Å²) >= 11 is 0. The van der Waals surface area contributed by atoms with Gasteiger partial charge in [0.15, 0.2) is 0 Å². The average molecular weight is 201 g/mol. The molecule has 0 bridgehead atoms. The number of carbonyl (C=O) groups excluding carboxylic acids is 1. The molecule has 0 radical (unpaired) electrons. The molecule has 0 spiro atoms. The van der Waals surface area contributed by atoms with Crippen LogP contribution in [0, 0.1) is 0 Å². The fraction of sp³-hybridized carbons (Fsp3) is 0.900. The molecular weight excluding hydrogens is 178 g/mol. The van der Waals surface area contributed by atoms with Crippen molar-refractivity contribution in [3.8, 4) is 0 Å². The van der Waals surface area contributed by atoms with Gasteiger partial charge in [0.1, 0.15) is 0 Å². The Bertz CT molecular complexity index is 190. The van der Waals surface area contributed by atoms with Gasteiger partial charge in [-0.05, 0) is 20.4 Å². The van der Waals surface area contributed by atoms with Gasteiger partial charge in [-0.3, -0.25) is 9.69 Å². The molecule has 0 aromatic heterocycles. The van der Waals surface area contributed by atoms with E-state index < -0.39 is 0 Å². The monoisotopic (exact) mass is 201 g/mol. The molecule has 0 saturated carbocycles. The molecule has 0 fully saturated rings. The maximum atomic E-state index is 11.5. The summed E-state index contributed by atoms with van der Waals surface area (Å²) < 4.78 is 0. The van der Waals surface area contributed by atoms with Crippen molar-refractivity contribution >= 4 is 5.91 Å². The van der Waals surface area contributed by atoms with Gasteiger partial charge in [0.2, 0.25) is 5.91 Å². The molecule has 14 heavy (non-hydrogen) atoms. The summed E-state index contributed by atoms with van der Waals surface area (Å²) in [7, 11) is 3.54. The van der Waals surface area contributed by atoms with E-state index in [0.717, 1.165) is 6.54 Å². The third-order valence-corrected chi connectivity index (χ3v) is 2.56. The van der Waals surface area contributed by atoms with Crippen LogP contribution in [-0.4, -0.2) is 55.0 Å². The molecule has 0 aliphatic heterocycles. The SMILES string of the molecule is CCN(CC(=O)N(C)C)C(C)(C)CN. The number of nitrogens with zero attached hydrogens (tertiary/aromatic N) is 2. The first-order valence-electron chi connectivity index (χ1n) is 5.00. The molecule has 0 saturated heterocycles. The number of hydrogen-bond acceptors (Lipinski definition) is 3. The molecule has 0 unspecified atom stereocenters. The van der Waals surface area contributed by atoms with Crippen LogP contribution in [0.2, 0.25) is 0 Å². The van der Waals surface area contributed by atoms with Crippen molar-refractivity contribution in [1.29, 1.82) is 0 Å². The van der Waals surface area contributed by atoms with Gasteiger partial charge in [-0.15, -0.1) is 0 Å². The molecule has 2 N–H and O–H groups in total. The Morgan fingerprint density at radius 1 is 1.36 bits per heavy atom. The molecule has 0 aliphatic carbocycles.